The Bertz CT molecular complexity index is 268. The van der Waals surface area contributed by atoms with Crippen LogP contribution in [0.5, 0.6) is 0 Å². The summed E-state index contributed by atoms with van der Waals surface area (Å²) in [6.07, 6.45) is 5.78. The molecular weight excluding hydrogens is 252 g/mol. The Morgan fingerprint density at radius 1 is 1.15 bits per heavy atom. The zero-order valence-corrected chi connectivity index (χ0v) is 14.1. The Morgan fingerprint density at radius 2 is 1.65 bits per heavy atom. The zero-order valence-electron chi connectivity index (χ0n) is 14.1. The average Bonchev–Trinajstić information content (AvgIpc) is 2.52. The van der Waals surface area contributed by atoms with E-state index in [0.29, 0.717) is 12.0 Å². The van der Waals surface area contributed by atoms with Gasteiger partial charge in [-0.25, -0.2) is 0 Å². The molecule has 1 fully saturated rings. The van der Waals surface area contributed by atoms with Crippen LogP contribution in [0.4, 0.5) is 0 Å². The molecule has 4 nitrogen and oxygen atoms in total. The van der Waals surface area contributed by atoms with E-state index in [4.69, 9.17) is 15.2 Å². The topological polar surface area (TPSA) is 47.7 Å². The smallest absolute Gasteiger partial charge is 0.158 e. The van der Waals surface area contributed by atoms with Gasteiger partial charge >= 0.3 is 0 Å². The third-order valence-electron chi connectivity index (χ3n) is 5.66. The van der Waals surface area contributed by atoms with Gasteiger partial charge in [0.25, 0.3) is 0 Å². The molecular formula is C16H34N2O2. The molecule has 0 amide bonds. The standard InChI is InChI=1S/C16H34N2O2/c1-6-16(7-2)8-10-18(11-9-16)15(3,13-17)12-14(19-4)20-5/h14H,6-13,17H2,1-5H3. The molecule has 0 aromatic rings. The molecule has 0 aromatic carbocycles. The highest BCUT2D eigenvalue weighted by Gasteiger charge is 2.39. The molecule has 1 saturated heterocycles. The molecule has 20 heavy (non-hydrogen) atoms. The molecule has 120 valence electrons. The van der Waals surface area contributed by atoms with Gasteiger partial charge in [-0.2, -0.15) is 0 Å². The van der Waals surface area contributed by atoms with Crippen molar-refractivity contribution in [2.24, 2.45) is 11.1 Å². The largest absolute Gasteiger partial charge is 0.356 e. The summed E-state index contributed by atoms with van der Waals surface area (Å²) in [5.74, 6) is 0. The summed E-state index contributed by atoms with van der Waals surface area (Å²) < 4.78 is 10.7. The molecule has 0 saturated carbocycles. The highest BCUT2D eigenvalue weighted by Crippen LogP contribution is 2.40. The second kappa shape index (κ2) is 7.74. The van der Waals surface area contributed by atoms with Gasteiger partial charge in [0, 0.05) is 32.7 Å². The van der Waals surface area contributed by atoms with E-state index >= 15 is 0 Å². The van der Waals surface area contributed by atoms with Crippen LogP contribution in [0.2, 0.25) is 0 Å². The van der Waals surface area contributed by atoms with Crippen LogP contribution in [0.1, 0.15) is 52.9 Å². The molecule has 0 aliphatic carbocycles. The third kappa shape index (κ3) is 3.94. The summed E-state index contributed by atoms with van der Waals surface area (Å²) in [7, 11) is 3.39. The lowest BCUT2D eigenvalue weighted by Crippen LogP contribution is -2.57. The zero-order chi connectivity index (χ0) is 15.2. The number of nitrogens with two attached hydrogens (primary N) is 1. The van der Waals surface area contributed by atoms with Crippen molar-refractivity contribution < 1.29 is 9.47 Å². The lowest BCUT2D eigenvalue weighted by Gasteiger charge is -2.49. The highest BCUT2D eigenvalue weighted by atomic mass is 16.7. The number of methoxy groups -OCH3 is 2. The lowest BCUT2D eigenvalue weighted by atomic mass is 9.73. The van der Waals surface area contributed by atoms with Gasteiger partial charge in [-0.3, -0.25) is 4.90 Å². The first-order valence-electron chi connectivity index (χ1n) is 8.00. The lowest BCUT2D eigenvalue weighted by molar-refractivity contribution is -0.132. The summed E-state index contributed by atoms with van der Waals surface area (Å²) in [4.78, 5) is 2.54. The van der Waals surface area contributed by atoms with Crippen molar-refractivity contribution in [2.75, 3.05) is 33.9 Å². The van der Waals surface area contributed by atoms with Crippen molar-refractivity contribution in [3.63, 3.8) is 0 Å². The Morgan fingerprint density at radius 3 is 2.00 bits per heavy atom. The normalized spacial score (nSPS) is 22.9. The van der Waals surface area contributed by atoms with E-state index in [1.54, 1.807) is 14.2 Å². The molecule has 1 unspecified atom stereocenters. The number of piperidine rings is 1. The third-order valence-corrected chi connectivity index (χ3v) is 5.66. The molecule has 0 spiro atoms. The van der Waals surface area contributed by atoms with Gasteiger partial charge in [0.15, 0.2) is 6.29 Å². The van der Waals surface area contributed by atoms with Crippen LogP contribution in [0.25, 0.3) is 0 Å². The van der Waals surface area contributed by atoms with Crippen LogP contribution in [0.3, 0.4) is 0 Å². The minimum Gasteiger partial charge on any atom is -0.356 e. The van der Waals surface area contributed by atoms with Crippen LogP contribution in [0.15, 0.2) is 0 Å². The molecule has 1 atom stereocenters. The summed E-state index contributed by atoms with van der Waals surface area (Å²) in [6, 6.07) is 0. The number of ether oxygens (including phenoxy) is 2. The molecule has 0 bridgehead atoms. The van der Waals surface area contributed by atoms with Crippen LogP contribution in [-0.2, 0) is 9.47 Å². The second-order valence-electron chi connectivity index (χ2n) is 6.50. The van der Waals surface area contributed by atoms with Crippen LogP contribution in [0, 0.1) is 5.41 Å². The van der Waals surface area contributed by atoms with Crippen molar-refractivity contribution in [3.8, 4) is 0 Å². The number of rotatable bonds is 8. The van der Waals surface area contributed by atoms with Gasteiger partial charge in [-0.05, 0) is 38.3 Å². The number of nitrogens with zero attached hydrogens (tertiary/aromatic N) is 1. The van der Waals surface area contributed by atoms with E-state index in [9.17, 15) is 0 Å². The molecule has 1 aliphatic heterocycles. The molecule has 2 N–H and O–H groups in total. The number of hydrogen-bond donors (Lipinski definition) is 1. The molecule has 1 aliphatic rings. The van der Waals surface area contributed by atoms with Crippen molar-refractivity contribution in [1.29, 1.82) is 0 Å². The average molecular weight is 286 g/mol. The maximum absolute atomic E-state index is 6.08. The maximum Gasteiger partial charge on any atom is 0.158 e. The van der Waals surface area contributed by atoms with Crippen molar-refractivity contribution in [3.05, 3.63) is 0 Å². The SMILES string of the molecule is CCC1(CC)CCN(C(C)(CN)CC(OC)OC)CC1. The highest BCUT2D eigenvalue weighted by molar-refractivity contribution is 4.94. The van der Waals surface area contributed by atoms with E-state index in [2.05, 4.69) is 25.7 Å². The quantitative estimate of drug-likeness (QED) is 0.697. The summed E-state index contributed by atoms with van der Waals surface area (Å²) in [5, 5.41) is 0. The van der Waals surface area contributed by atoms with E-state index in [1.165, 1.54) is 25.7 Å². The van der Waals surface area contributed by atoms with Crippen LogP contribution in [-0.4, -0.2) is 50.6 Å². The van der Waals surface area contributed by atoms with E-state index in [1.807, 2.05) is 0 Å². The first-order chi connectivity index (χ1) is 9.49. The monoisotopic (exact) mass is 286 g/mol. The van der Waals surface area contributed by atoms with E-state index < -0.39 is 0 Å². The minimum absolute atomic E-state index is 0.0374. The Hall–Kier alpha value is -0.160. The fourth-order valence-corrected chi connectivity index (χ4v) is 3.44. The summed E-state index contributed by atoms with van der Waals surface area (Å²) in [6.45, 7) is 9.80. The fraction of sp³-hybridized carbons (Fsp3) is 1.00. The maximum atomic E-state index is 6.08. The van der Waals surface area contributed by atoms with Crippen LogP contribution < -0.4 is 5.73 Å². The Kier molecular flexibility index (Phi) is 6.92. The molecule has 0 aromatic heterocycles. The van der Waals surface area contributed by atoms with Crippen molar-refractivity contribution in [1.82, 2.24) is 4.90 Å². The predicted octanol–water partition coefficient (Wildman–Crippen LogP) is 2.62. The van der Waals surface area contributed by atoms with Gasteiger partial charge < -0.3 is 15.2 Å². The second-order valence-corrected chi connectivity index (χ2v) is 6.50. The molecule has 1 heterocycles. The first-order valence-corrected chi connectivity index (χ1v) is 8.00. The fourth-order valence-electron chi connectivity index (χ4n) is 3.44. The van der Waals surface area contributed by atoms with Gasteiger partial charge in [-0.1, -0.05) is 26.7 Å². The molecule has 4 heteroatoms. The summed E-state index contributed by atoms with van der Waals surface area (Å²) in [5.41, 5.74) is 6.59. The Labute approximate surface area is 125 Å². The summed E-state index contributed by atoms with van der Waals surface area (Å²) >= 11 is 0. The van der Waals surface area contributed by atoms with Gasteiger partial charge in [0.1, 0.15) is 0 Å². The predicted molar refractivity (Wildman–Crippen MR) is 83.7 cm³/mol. The van der Waals surface area contributed by atoms with Gasteiger partial charge in [-0.15, -0.1) is 0 Å². The Balaban J connectivity index is 2.68. The molecule has 1 rings (SSSR count). The van der Waals surface area contributed by atoms with Crippen molar-refractivity contribution >= 4 is 0 Å². The van der Waals surface area contributed by atoms with Crippen LogP contribution >= 0.6 is 0 Å². The molecule has 0 radical (unpaired) electrons. The minimum atomic E-state index is -0.174. The van der Waals surface area contributed by atoms with E-state index in [-0.39, 0.29) is 11.8 Å². The van der Waals surface area contributed by atoms with E-state index in [0.717, 1.165) is 19.5 Å². The number of likely N-dealkylation sites (tertiary alicyclic amines) is 1. The van der Waals surface area contributed by atoms with Gasteiger partial charge in [0.2, 0.25) is 0 Å². The van der Waals surface area contributed by atoms with Gasteiger partial charge in [0.05, 0.1) is 0 Å². The van der Waals surface area contributed by atoms with Crippen molar-refractivity contribution in [2.45, 2.75) is 64.7 Å². The first kappa shape index (κ1) is 17.9. The number of hydrogen-bond acceptors (Lipinski definition) is 4.